The predicted octanol–water partition coefficient (Wildman–Crippen LogP) is 4.51. The molecule has 0 radical (unpaired) electrons. The Balaban J connectivity index is 1.48. The lowest BCUT2D eigenvalue weighted by Gasteiger charge is -2.11. The minimum absolute atomic E-state index is 0.157. The van der Waals surface area contributed by atoms with Gasteiger partial charge < -0.3 is 19.4 Å². The molecule has 0 saturated heterocycles. The number of ether oxygens (including phenoxy) is 2. The van der Waals surface area contributed by atoms with Crippen LogP contribution in [0.5, 0.6) is 11.5 Å². The molecule has 0 bridgehead atoms. The summed E-state index contributed by atoms with van der Waals surface area (Å²) in [6.07, 6.45) is 0.853. The largest absolute Gasteiger partial charge is 0.490 e. The first kappa shape index (κ1) is 20.6. The minimum atomic E-state index is -0.157. The van der Waals surface area contributed by atoms with Crippen molar-refractivity contribution >= 4 is 35.0 Å². The fourth-order valence-electron chi connectivity index (χ4n) is 3.08. The zero-order valence-electron chi connectivity index (χ0n) is 16.4. The number of nitrogens with one attached hydrogen (secondary N) is 1. The molecular formula is C21H21ClN4O3S. The van der Waals surface area contributed by atoms with Crippen molar-refractivity contribution in [1.82, 2.24) is 14.8 Å². The van der Waals surface area contributed by atoms with Gasteiger partial charge in [-0.05, 0) is 37.3 Å². The summed E-state index contributed by atoms with van der Waals surface area (Å²) in [5.41, 5.74) is 1.48. The number of anilines is 1. The van der Waals surface area contributed by atoms with Gasteiger partial charge in [-0.2, -0.15) is 0 Å². The predicted molar refractivity (Wildman–Crippen MR) is 118 cm³/mol. The van der Waals surface area contributed by atoms with E-state index in [1.54, 1.807) is 12.1 Å². The molecule has 1 N–H and O–H groups in total. The average Bonchev–Trinajstić information content (AvgIpc) is 3.02. The molecule has 0 fully saturated rings. The van der Waals surface area contributed by atoms with Crippen molar-refractivity contribution in [3.63, 3.8) is 0 Å². The monoisotopic (exact) mass is 444 g/mol. The van der Waals surface area contributed by atoms with Crippen LogP contribution in [-0.4, -0.2) is 39.6 Å². The van der Waals surface area contributed by atoms with E-state index in [-0.39, 0.29) is 11.7 Å². The molecule has 0 spiro atoms. The third-order valence-electron chi connectivity index (χ3n) is 4.52. The molecule has 2 heterocycles. The first-order chi connectivity index (χ1) is 14.7. The molecule has 30 heavy (non-hydrogen) atoms. The number of aromatic nitrogens is 3. The normalized spacial score (nSPS) is 13.0. The van der Waals surface area contributed by atoms with Crippen molar-refractivity contribution in [1.29, 1.82) is 0 Å². The van der Waals surface area contributed by atoms with E-state index in [2.05, 4.69) is 15.5 Å². The van der Waals surface area contributed by atoms with Crippen LogP contribution in [0.3, 0.4) is 0 Å². The van der Waals surface area contributed by atoms with E-state index in [0.717, 1.165) is 23.6 Å². The van der Waals surface area contributed by atoms with Gasteiger partial charge in [-0.15, -0.1) is 10.2 Å². The van der Waals surface area contributed by atoms with E-state index in [9.17, 15) is 4.79 Å². The van der Waals surface area contributed by atoms with Crippen molar-refractivity contribution in [3.8, 4) is 22.9 Å². The lowest BCUT2D eigenvalue weighted by Crippen LogP contribution is -2.15. The number of hydrogen-bond donors (Lipinski definition) is 1. The fraction of sp³-hybridized carbons (Fsp3) is 0.286. The molecule has 3 aromatic rings. The summed E-state index contributed by atoms with van der Waals surface area (Å²) in [4.78, 5) is 12.3. The van der Waals surface area contributed by atoms with Crippen LogP contribution >= 0.6 is 23.4 Å². The second-order valence-electron chi connectivity index (χ2n) is 6.58. The van der Waals surface area contributed by atoms with Crippen molar-refractivity contribution in [3.05, 3.63) is 47.5 Å². The Morgan fingerprint density at radius 3 is 2.77 bits per heavy atom. The summed E-state index contributed by atoms with van der Waals surface area (Å²) in [5.74, 6) is 2.22. The molecule has 156 valence electrons. The fourth-order valence-corrected chi connectivity index (χ4v) is 4.06. The zero-order chi connectivity index (χ0) is 20.9. The van der Waals surface area contributed by atoms with E-state index < -0.39 is 0 Å². The van der Waals surface area contributed by atoms with E-state index in [4.69, 9.17) is 21.1 Å². The van der Waals surface area contributed by atoms with Crippen LogP contribution in [0.1, 0.15) is 13.3 Å². The molecule has 2 aromatic carbocycles. The Kier molecular flexibility index (Phi) is 6.44. The van der Waals surface area contributed by atoms with Gasteiger partial charge in [0.15, 0.2) is 22.5 Å². The van der Waals surface area contributed by atoms with Crippen molar-refractivity contribution < 1.29 is 14.3 Å². The molecule has 7 nitrogen and oxygen atoms in total. The van der Waals surface area contributed by atoms with Crippen LogP contribution in [0.15, 0.2) is 47.6 Å². The van der Waals surface area contributed by atoms with E-state index in [0.29, 0.717) is 41.4 Å². The topological polar surface area (TPSA) is 78.3 Å². The maximum absolute atomic E-state index is 12.3. The van der Waals surface area contributed by atoms with Crippen LogP contribution in [0.2, 0.25) is 5.02 Å². The number of hydrogen-bond acceptors (Lipinski definition) is 6. The zero-order valence-corrected chi connectivity index (χ0v) is 18.0. The molecule has 0 saturated carbocycles. The highest BCUT2D eigenvalue weighted by molar-refractivity contribution is 7.99. The van der Waals surface area contributed by atoms with Gasteiger partial charge in [0.2, 0.25) is 5.91 Å². The number of amides is 1. The molecule has 1 aliphatic heterocycles. The van der Waals surface area contributed by atoms with Crippen LogP contribution in [0, 0.1) is 0 Å². The Morgan fingerprint density at radius 1 is 1.17 bits per heavy atom. The van der Waals surface area contributed by atoms with Crippen LogP contribution in [0.25, 0.3) is 11.4 Å². The van der Waals surface area contributed by atoms with Crippen LogP contribution in [-0.2, 0) is 11.3 Å². The van der Waals surface area contributed by atoms with Crippen molar-refractivity contribution in [2.75, 3.05) is 24.3 Å². The number of carbonyl (C=O) groups excluding carboxylic acids is 1. The maximum atomic E-state index is 12.3. The van der Waals surface area contributed by atoms with Crippen molar-refractivity contribution in [2.45, 2.75) is 25.0 Å². The van der Waals surface area contributed by atoms with Crippen LogP contribution in [0.4, 0.5) is 5.69 Å². The standard InChI is InChI=1S/C21H21ClN4O3S/c1-2-26-20(14-8-9-17-18(12-14)29-11-5-10-28-17)24-25-21(26)30-13-19(27)23-16-7-4-3-6-15(16)22/h3-4,6-9,12H,2,5,10-11,13H2,1H3,(H,23,27). The minimum Gasteiger partial charge on any atom is -0.490 e. The summed E-state index contributed by atoms with van der Waals surface area (Å²) in [5, 5.41) is 12.6. The third kappa shape index (κ3) is 4.55. The molecular weight excluding hydrogens is 424 g/mol. The summed E-state index contributed by atoms with van der Waals surface area (Å²) < 4.78 is 13.5. The van der Waals surface area contributed by atoms with E-state index >= 15 is 0 Å². The quantitative estimate of drug-likeness (QED) is 0.563. The number of para-hydroxylation sites is 1. The Morgan fingerprint density at radius 2 is 1.97 bits per heavy atom. The number of nitrogens with zero attached hydrogens (tertiary/aromatic N) is 3. The first-order valence-corrected chi connectivity index (χ1v) is 11.0. The molecule has 1 aromatic heterocycles. The van der Waals surface area contributed by atoms with Gasteiger partial charge >= 0.3 is 0 Å². The number of fused-ring (bicyclic) bond motifs is 1. The molecule has 0 unspecified atom stereocenters. The highest BCUT2D eigenvalue weighted by Crippen LogP contribution is 2.34. The second-order valence-corrected chi connectivity index (χ2v) is 7.93. The van der Waals surface area contributed by atoms with Gasteiger partial charge in [-0.3, -0.25) is 4.79 Å². The summed E-state index contributed by atoms with van der Waals surface area (Å²) >= 11 is 7.43. The van der Waals surface area contributed by atoms with E-state index in [1.165, 1.54) is 11.8 Å². The molecule has 1 aliphatic rings. The van der Waals surface area contributed by atoms with Gasteiger partial charge in [0.05, 0.1) is 29.7 Å². The van der Waals surface area contributed by atoms with Gasteiger partial charge in [0.25, 0.3) is 0 Å². The molecule has 4 rings (SSSR count). The van der Waals surface area contributed by atoms with Gasteiger partial charge in [0, 0.05) is 18.5 Å². The Bertz CT molecular complexity index is 1060. The smallest absolute Gasteiger partial charge is 0.234 e. The number of thioether (sulfide) groups is 1. The van der Waals surface area contributed by atoms with E-state index in [1.807, 2.05) is 41.8 Å². The van der Waals surface area contributed by atoms with Gasteiger partial charge in [-0.25, -0.2) is 0 Å². The Labute approximate surface area is 183 Å². The number of rotatable bonds is 6. The second kappa shape index (κ2) is 9.40. The highest BCUT2D eigenvalue weighted by atomic mass is 35.5. The first-order valence-electron chi connectivity index (χ1n) is 9.66. The third-order valence-corrected chi connectivity index (χ3v) is 5.82. The summed E-state index contributed by atoms with van der Waals surface area (Å²) in [6.45, 7) is 3.96. The number of halogens is 1. The van der Waals surface area contributed by atoms with Gasteiger partial charge in [0.1, 0.15) is 0 Å². The Hall–Kier alpha value is -2.71. The highest BCUT2D eigenvalue weighted by Gasteiger charge is 2.18. The number of carbonyl (C=O) groups is 1. The summed E-state index contributed by atoms with van der Waals surface area (Å²) in [7, 11) is 0. The molecule has 0 aliphatic carbocycles. The number of benzene rings is 2. The average molecular weight is 445 g/mol. The van der Waals surface area contributed by atoms with Crippen molar-refractivity contribution in [2.24, 2.45) is 0 Å². The van der Waals surface area contributed by atoms with Gasteiger partial charge in [-0.1, -0.05) is 35.5 Å². The van der Waals surface area contributed by atoms with Crippen LogP contribution < -0.4 is 14.8 Å². The molecule has 1 amide bonds. The summed E-state index contributed by atoms with van der Waals surface area (Å²) in [6, 6.07) is 12.9. The lowest BCUT2D eigenvalue weighted by atomic mass is 10.2. The molecule has 0 atom stereocenters. The SMILES string of the molecule is CCn1c(SCC(=O)Nc2ccccc2Cl)nnc1-c1ccc2c(c1)OCCCO2. The maximum Gasteiger partial charge on any atom is 0.234 e. The lowest BCUT2D eigenvalue weighted by molar-refractivity contribution is -0.113. The molecule has 9 heteroatoms.